The first-order chi connectivity index (χ1) is 12.2. The van der Waals surface area contributed by atoms with Crippen LogP contribution in [0, 0.1) is 18.3 Å². The topological polar surface area (TPSA) is 23.8 Å². The van der Waals surface area contributed by atoms with Crippen molar-refractivity contribution in [2.45, 2.75) is 22.5 Å². The molecular weight excluding hydrogens is 342 g/mol. The summed E-state index contributed by atoms with van der Waals surface area (Å²) in [7, 11) is 0. The molecule has 0 aromatic heterocycles. The van der Waals surface area contributed by atoms with Crippen LogP contribution in [0.4, 0.5) is 0 Å². The number of nitrogens with zero attached hydrogens (tertiary/aromatic N) is 1. The Kier molecular flexibility index (Phi) is 5.86. The zero-order chi connectivity index (χ0) is 17.6. The summed E-state index contributed by atoms with van der Waals surface area (Å²) in [4.78, 5) is 2.29. The summed E-state index contributed by atoms with van der Waals surface area (Å²) < 4.78 is 0. The van der Waals surface area contributed by atoms with Gasteiger partial charge in [0.1, 0.15) is 6.07 Å². The highest BCUT2D eigenvalue weighted by Gasteiger charge is 2.16. The molecule has 0 N–H and O–H groups in total. The summed E-state index contributed by atoms with van der Waals surface area (Å²) in [6.07, 6.45) is 2.03. The lowest BCUT2D eigenvalue weighted by Gasteiger charge is -2.17. The van der Waals surface area contributed by atoms with Crippen molar-refractivity contribution >= 4 is 23.5 Å². The largest absolute Gasteiger partial charge is 0.192 e. The molecule has 0 aliphatic carbocycles. The average molecular weight is 362 g/mol. The summed E-state index contributed by atoms with van der Waals surface area (Å²) in [5.41, 5.74) is 5.57. The lowest BCUT2D eigenvalue weighted by Crippen LogP contribution is -1.98. The predicted octanol–water partition coefficient (Wildman–Crippen LogP) is 6.55. The zero-order valence-corrected chi connectivity index (χ0v) is 16.0. The van der Waals surface area contributed by atoms with Crippen molar-refractivity contribution in [1.29, 1.82) is 5.26 Å². The van der Waals surface area contributed by atoms with Gasteiger partial charge >= 0.3 is 0 Å². The molecule has 25 heavy (non-hydrogen) atoms. The molecule has 0 radical (unpaired) electrons. The third kappa shape index (κ3) is 3.92. The van der Waals surface area contributed by atoms with E-state index in [1.165, 1.54) is 21.6 Å². The fourth-order valence-corrected chi connectivity index (χ4v) is 4.53. The predicted molar refractivity (Wildman–Crippen MR) is 109 cm³/mol. The Hall–Kier alpha value is -2.15. The van der Waals surface area contributed by atoms with Gasteiger partial charge in [-0.25, -0.2) is 0 Å². The van der Waals surface area contributed by atoms with Gasteiger partial charge in [-0.05, 0) is 53.6 Å². The molecule has 3 aromatic rings. The SMILES string of the molecule is CSc1cc(-c2ccccc2)c(CSc2ccccc2)c(C)c1C#N. The Bertz CT molecular complexity index is 897. The van der Waals surface area contributed by atoms with Crippen LogP contribution in [0.5, 0.6) is 0 Å². The van der Waals surface area contributed by atoms with Crippen molar-refractivity contribution in [3.05, 3.63) is 83.4 Å². The normalized spacial score (nSPS) is 10.4. The van der Waals surface area contributed by atoms with Gasteiger partial charge < -0.3 is 0 Å². The number of thioether (sulfide) groups is 2. The number of hydrogen-bond acceptors (Lipinski definition) is 3. The van der Waals surface area contributed by atoms with Gasteiger partial charge in [0.25, 0.3) is 0 Å². The van der Waals surface area contributed by atoms with Crippen LogP contribution in [0.1, 0.15) is 16.7 Å². The van der Waals surface area contributed by atoms with E-state index in [-0.39, 0.29) is 0 Å². The molecule has 0 aliphatic rings. The van der Waals surface area contributed by atoms with Crippen molar-refractivity contribution in [2.75, 3.05) is 6.26 Å². The Morgan fingerprint density at radius 2 is 1.60 bits per heavy atom. The summed E-state index contributed by atoms with van der Waals surface area (Å²) in [6, 6.07) is 25.4. The van der Waals surface area contributed by atoms with E-state index >= 15 is 0 Å². The molecule has 0 aliphatic heterocycles. The van der Waals surface area contributed by atoms with Gasteiger partial charge in [0.15, 0.2) is 0 Å². The van der Waals surface area contributed by atoms with Gasteiger partial charge in [-0.3, -0.25) is 0 Å². The van der Waals surface area contributed by atoms with Gasteiger partial charge in [0, 0.05) is 15.5 Å². The standard InChI is InChI=1S/C22H19NS2/c1-16-20(14-23)22(24-2)13-19(17-9-5-3-6-10-17)21(16)15-25-18-11-7-4-8-12-18/h3-13H,15H2,1-2H3. The van der Waals surface area contributed by atoms with E-state index in [0.717, 1.165) is 21.8 Å². The van der Waals surface area contributed by atoms with Crippen molar-refractivity contribution in [3.8, 4) is 17.2 Å². The summed E-state index contributed by atoms with van der Waals surface area (Å²) in [5.74, 6) is 0.851. The fourth-order valence-electron chi connectivity index (χ4n) is 2.86. The molecule has 0 fully saturated rings. The van der Waals surface area contributed by atoms with Crippen molar-refractivity contribution in [1.82, 2.24) is 0 Å². The molecule has 0 saturated carbocycles. The van der Waals surface area contributed by atoms with E-state index in [1.54, 1.807) is 11.8 Å². The minimum Gasteiger partial charge on any atom is -0.192 e. The monoisotopic (exact) mass is 361 g/mol. The van der Waals surface area contributed by atoms with Crippen molar-refractivity contribution in [3.63, 3.8) is 0 Å². The zero-order valence-electron chi connectivity index (χ0n) is 14.3. The molecule has 3 heteroatoms. The van der Waals surface area contributed by atoms with Crippen LogP contribution in [-0.2, 0) is 5.75 Å². The minimum atomic E-state index is 0.802. The van der Waals surface area contributed by atoms with Crippen LogP contribution in [0.25, 0.3) is 11.1 Å². The minimum absolute atomic E-state index is 0.802. The second-order valence-corrected chi connectivity index (χ2v) is 7.58. The molecule has 0 saturated heterocycles. The molecule has 3 aromatic carbocycles. The van der Waals surface area contributed by atoms with Crippen LogP contribution in [-0.4, -0.2) is 6.26 Å². The smallest absolute Gasteiger partial charge is 0.101 e. The average Bonchev–Trinajstić information content (AvgIpc) is 2.67. The Labute approximate surface area is 158 Å². The van der Waals surface area contributed by atoms with Crippen LogP contribution in [0.3, 0.4) is 0 Å². The third-order valence-corrected chi connectivity index (χ3v) is 6.02. The van der Waals surface area contributed by atoms with E-state index in [4.69, 9.17) is 0 Å². The number of hydrogen-bond donors (Lipinski definition) is 0. The first-order valence-electron chi connectivity index (χ1n) is 8.08. The quantitative estimate of drug-likeness (QED) is 0.482. The summed E-state index contributed by atoms with van der Waals surface area (Å²) >= 11 is 3.45. The molecule has 0 unspecified atom stereocenters. The molecule has 0 spiro atoms. The fraction of sp³-hybridized carbons (Fsp3) is 0.136. The van der Waals surface area contributed by atoms with E-state index in [9.17, 15) is 5.26 Å². The van der Waals surface area contributed by atoms with Gasteiger partial charge in [0.2, 0.25) is 0 Å². The van der Waals surface area contributed by atoms with Crippen LogP contribution >= 0.6 is 23.5 Å². The van der Waals surface area contributed by atoms with Gasteiger partial charge in [0.05, 0.1) is 5.56 Å². The highest BCUT2D eigenvalue weighted by molar-refractivity contribution is 7.98. The van der Waals surface area contributed by atoms with Gasteiger partial charge in [-0.1, -0.05) is 48.5 Å². The highest BCUT2D eigenvalue weighted by atomic mass is 32.2. The number of benzene rings is 3. The maximum absolute atomic E-state index is 9.63. The number of rotatable bonds is 5. The maximum atomic E-state index is 9.63. The third-order valence-electron chi connectivity index (χ3n) is 4.22. The molecule has 124 valence electrons. The summed E-state index contributed by atoms with van der Waals surface area (Å²) in [6.45, 7) is 2.07. The van der Waals surface area contributed by atoms with Crippen LogP contribution < -0.4 is 0 Å². The van der Waals surface area contributed by atoms with Crippen molar-refractivity contribution in [2.24, 2.45) is 0 Å². The van der Waals surface area contributed by atoms with E-state index < -0.39 is 0 Å². The first kappa shape index (κ1) is 17.7. The molecule has 0 atom stereocenters. The van der Waals surface area contributed by atoms with E-state index in [1.807, 2.05) is 30.2 Å². The first-order valence-corrected chi connectivity index (χ1v) is 10.3. The van der Waals surface area contributed by atoms with Crippen molar-refractivity contribution < 1.29 is 0 Å². The Morgan fingerprint density at radius 3 is 2.20 bits per heavy atom. The van der Waals surface area contributed by atoms with Gasteiger partial charge in [-0.15, -0.1) is 23.5 Å². The second-order valence-electron chi connectivity index (χ2n) is 5.68. The lowest BCUT2D eigenvalue weighted by molar-refractivity contribution is 1.22. The Morgan fingerprint density at radius 1 is 0.960 bits per heavy atom. The number of nitriles is 1. The molecular formula is C22H19NS2. The maximum Gasteiger partial charge on any atom is 0.101 e. The second kappa shape index (κ2) is 8.29. The van der Waals surface area contributed by atoms with Crippen LogP contribution in [0.2, 0.25) is 0 Å². The molecule has 0 heterocycles. The Balaban J connectivity index is 2.09. The van der Waals surface area contributed by atoms with Gasteiger partial charge in [-0.2, -0.15) is 5.26 Å². The van der Waals surface area contributed by atoms with Crippen LogP contribution in [0.15, 0.2) is 76.5 Å². The summed E-state index contributed by atoms with van der Waals surface area (Å²) in [5, 5.41) is 9.63. The molecule has 0 amide bonds. The van der Waals surface area contributed by atoms with E-state index in [0.29, 0.717) is 0 Å². The van der Waals surface area contributed by atoms with E-state index in [2.05, 4.69) is 67.6 Å². The molecule has 3 rings (SSSR count). The molecule has 0 bridgehead atoms. The highest BCUT2D eigenvalue weighted by Crippen LogP contribution is 2.37. The lowest BCUT2D eigenvalue weighted by atomic mass is 9.94. The molecule has 1 nitrogen and oxygen atoms in total.